The Balaban J connectivity index is 1.39. The quantitative estimate of drug-likeness (QED) is 0.130. The number of hydrogen-bond donors (Lipinski definition) is 1. The highest BCUT2D eigenvalue weighted by molar-refractivity contribution is 6.31. The number of hydrogen-bond acceptors (Lipinski definition) is 6. The van der Waals surface area contributed by atoms with Crippen molar-refractivity contribution < 1.29 is 19.1 Å². The second kappa shape index (κ2) is 13.3. The van der Waals surface area contributed by atoms with Gasteiger partial charge in [-0.3, -0.25) is 9.59 Å². The molecule has 230 valence electrons. The third kappa shape index (κ3) is 6.48. The van der Waals surface area contributed by atoms with Crippen LogP contribution in [0.3, 0.4) is 0 Å². The average Bonchev–Trinajstić information content (AvgIpc) is 3.54. The predicted octanol–water partition coefficient (Wildman–Crippen LogP) is 6.72. The highest BCUT2D eigenvalue weighted by atomic mass is 35.5. The maximum absolute atomic E-state index is 13.8. The van der Waals surface area contributed by atoms with Crippen LogP contribution in [0.4, 0.5) is 5.69 Å². The van der Waals surface area contributed by atoms with E-state index in [1.54, 1.807) is 35.3 Å². The fourth-order valence-electron chi connectivity index (χ4n) is 5.92. The molecule has 3 heterocycles. The van der Waals surface area contributed by atoms with E-state index in [2.05, 4.69) is 22.6 Å². The average molecular weight is 632 g/mol. The molecule has 2 aromatic heterocycles. The van der Waals surface area contributed by atoms with Crippen molar-refractivity contribution in [1.82, 2.24) is 9.78 Å². The maximum Gasteiger partial charge on any atom is 0.309 e. The van der Waals surface area contributed by atoms with Crippen LogP contribution >= 0.6 is 11.6 Å². The van der Waals surface area contributed by atoms with Gasteiger partial charge in [-0.2, -0.15) is 15.1 Å². The highest BCUT2D eigenvalue weighted by Gasteiger charge is 2.25. The smallest absolute Gasteiger partial charge is 0.309 e. The Morgan fingerprint density at radius 2 is 1.98 bits per heavy atom. The van der Waals surface area contributed by atoms with Crippen molar-refractivity contribution in [3.05, 3.63) is 124 Å². The summed E-state index contributed by atoms with van der Waals surface area (Å²) < 4.78 is 7.33. The SMILES string of the molecule is COC(=O)Cc1ccc2c(c1)NC(=O)CCCC[C@H](c1ccc(-c3cc(Cl)ccc3-n3cc(C#N)cn3)c[n+]1[O-])c1cccc-2c1. The molecule has 6 rings (SSSR count). The summed E-state index contributed by atoms with van der Waals surface area (Å²) in [5, 5.41) is 30.9. The lowest BCUT2D eigenvalue weighted by atomic mass is 9.87. The van der Waals surface area contributed by atoms with Crippen molar-refractivity contribution in [3.8, 4) is 34.0 Å². The molecule has 10 heteroatoms. The Labute approximate surface area is 271 Å². The summed E-state index contributed by atoms with van der Waals surface area (Å²) in [5.41, 5.74) is 7.09. The molecular formula is C36H30ClN5O4. The van der Waals surface area contributed by atoms with E-state index < -0.39 is 0 Å². The summed E-state index contributed by atoms with van der Waals surface area (Å²) in [6.07, 6.45) is 7.14. The minimum atomic E-state index is -0.359. The largest absolute Gasteiger partial charge is 0.618 e. The molecule has 1 amide bonds. The number of nitrogens with one attached hydrogen (secondary N) is 1. The van der Waals surface area contributed by atoms with Gasteiger partial charge in [-0.1, -0.05) is 54.4 Å². The number of benzene rings is 3. The Morgan fingerprint density at radius 3 is 2.76 bits per heavy atom. The van der Waals surface area contributed by atoms with Gasteiger partial charge >= 0.3 is 5.97 Å². The monoisotopic (exact) mass is 631 g/mol. The van der Waals surface area contributed by atoms with E-state index in [1.807, 2.05) is 48.5 Å². The van der Waals surface area contributed by atoms with Crippen LogP contribution in [0.25, 0.3) is 27.9 Å². The van der Waals surface area contributed by atoms with Crippen LogP contribution in [-0.4, -0.2) is 28.8 Å². The molecular weight excluding hydrogens is 602 g/mol. The summed E-state index contributed by atoms with van der Waals surface area (Å²) in [6.45, 7) is 0. The fraction of sp³-hybridized carbons (Fsp3) is 0.194. The van der Waals surface area contributed by atoms with Gasteiger partial charge in [0.25, 0.3) is 0 Å². The number of ether oxygens (including phenoxy) is 1. The molecule has 1 aliphatic rings. The summed E-state index contributed by atoms with van der Waals surface area (Å²) in [5.74, 6) is -0.689. The lowest BCUT2D eigenvalue weighted by Crippen LogP contribution is -2.33. The Hall–Kier alpha value is -5.46. The van der Waals surface area contributed by atoms with E-state index in [0.717, 1.165) is 33.4 Å². The second-order valence-corrected chi connectivity index (χ2v) is 11.7. The van der Waals surface area contributed by atoms with E-state index in [1.165, 1.54) is 13.3 Å². The summed E-state index contributed by atoms with van der Waals surface area (Å²) >= 11 is 6.37. The van der Waals surface area contributed by atoms with Gasteiger partial charge in [-0.15, -0.1) is 0 Å². The predicted molar refractivity (Wildman–Crippen MR) is 174 cm³/mol. The topological polar surface area (TPSA) is 124 Å². The first-order valence-corrected chi connectivity index (χ1v) is 15.3. The van der Waals surface area contributed by atoms with Crippen LogP contribution in [0.1, 0.15) is 54.0 Å². The number of rotatable bonds is 5. The number of carbonyl (C=O) groups excluding carboxylic acids is 2. The molecule has 1 N–H and O–H groups in total. The molecule has 0 fully saturated rings. The van der Waals surface area contributed by atoms with Gasteiger partial charge in [-0.05, 0) is 59.9 Å². The molecule has 0 spiro atoms. The van der Waals surface area contributed by atoms with Crippen LogP contribution < -0.4 is 10.0 Å². The number of pyridine rings is 1. The highest BCUT2D eigenvalue weighted by Crippen LogP contribution is 2.36. The van der Waals surface area contributed by atoms with E-state index in [9.17, 15) is 20.1 Å². The van der Waals surface area contributed by atoms with Crippen molar-refractivity contribution in [3.63, 3.8) is 0 Å². The normalized spacial score (nSPS) is 14.6. The lowest BCUT2D eigenvalue weighted by Gasteiger charge is -2.20. The molecule has 1 atom stereocenters. The Bertz CT molecular complexity index is 2000. The number of anilines is 1. The molecule has 0 unspecified atom stereocenters. The fourth-order valence-corrected chi connectivity index (χ4v) is 6.10. The zero-order valence-electron chi connectivity index (χ0n) is 25.1. The van der Waals surface area contributed by atoms with Gasteiger partial charge in [0.1, 0.15) is 6.07 Å². The number of esters is 1. The van der Waals surface area contributed by atoms with Gasteiger partial charge in [0, 0.05) is 46.1 Å². The molecule has 9 nitrogen and oxygen atoms in total. The molecule has 0 aliphatic carbocycles. The number of carbonyl (C=O) groups is 2. The summed E-state index contributed by atoms with van der Waals surface area (Å²) in [6, 6.07) is 24.7. The number of nitriles is 1. The number of halogens is 1. The third-order valence-electron chi connectivity index (χ3n) is 8.21. The van der Waals surface area contributed by atoms with E-state index >= 15 is 0 Å². The van der Waals surface area contributed by atoms with Crippen LogP contribution in [0.15, 0.2) is 91.4 Å². The maximum atomic E-state index is 13.8. The molecule has 0 saturated carbocycles. The van der Waals surface area contributed by atoms with Crippen molar-refractivity contribution >= 4 is 29.2 Å². The number of aromatic nitrogens is 3. The molecule has 2 bridgehead atoms. The molecule has 3 aromatic carbocycles. The van der Waals surface area contributed by atoms with Crippen molar-refractivity contribution in [2.75, 3.05) is 12.4 Å². The minimum Gasteiger partial charge on any atom is -0.618 e. The number of nitrogens with zero attached hydrogens (tertiary/aromatic N) is 4. The lowest BCUT2D eigenvalue weighted by molar-refractivity contribution is -0.614. The van der Waals surface area contributed by atoms with Crippen molar-refractivity contribution in [2.24, 2.45) is 0 Å². The molecule has 0 saturated heterocycles. The van der Waals surface area contributed by atoms with E-state index in [4.69, 9.17) is 16.3 Å². The zero-order chi connectivity index (χ0) is 32.2. The van der Waals surface area contributed by atoms with Crippen LogP contribution in [-0.2, 0) is 20.7 Å². The Morgan fingerprint density at radius 1 is 1.11 bits per heavy atom. The summed E-state index contributed by atoms with van der Waals surface area (Å²) in [7, 11) is 1.35. The van der Waals surface area contributed by atoms with Crippen LogP contribution in [0.5, 0.6) is 0 Å². The number of fused-ring (bicyclic) bond motifs is 4. The van der Waals surface area contributed by atoms with Gasteiger partial charge in [-0.25, -0.2) is 4.68 Å². The first kappa shape index (κ1) is 30.6. The number of methoxy groups -OCH3 is 1. The zero-order valence-corrected chi connectivity index (χ0v) is 25.8. The van der Waals surface area contributed by atoms with Crippen LogP contribution in [0.2, 0.25) is 5.02 Å². The van der Waals surface area contributed by atoms with Crippen molar-refractivity contribution in [1.29, 1.82) is 5.26 Å². The first-order valence-electron chi connectivity index (χ1n) is 14.9. The molecule has 1 aliphatic heterocycles. The second-order valence-electron chi connectivity index (χ2n) is 11.2. The number of amides is 1. The first-order chi connectivity index (χ1) is 22.3. The standard InChI is InChI=1S/C36H30ClN5O4/c1-46-36(44)16-23-9-12-29-25-5-4-6-26(17-25)30(7-2-3-8-35(43)40-32(29)15-23)34-13-10-27(22-42(34)45)31-18-28(37)11-14-33(31)41-21-24(19-38)20-39-41/h4-6,9-15,17-18,20-22,30H,2-3,7-8,16H2,1H3,(H,40,43)/t30-/m0/s1. The Kier molecular flexibility index (Phi) is 8.81. The van der Waals surface area contributed by atoms with Gasteiger partial charge < -0.3 is 15.3 Å². The van der Waals surface area contributed by atoms with Crippen LogP contribution in [0, 0.1) is 16.5 Å². The molecule has 0 radical (unpaired) electrons. The van der Waals surface area contributed by atoms with E-state index in [-0.39, 0.29) is 24.2 Å². The van der Waals surface area contributed by atoms with Crippen molar-refractivity contribution in [2.45, 2.75) is 38.0 Å². The molecule has 46 heavy (non-hydrogen) atoms. The van der Waals surface area contributed by atoms with Gasteiger partial charge in [0.05, 0.1) is 36.9 Å². The summed E-state index contributed by atoms with van der Waals surface area (Å²) in [4.78, 5) is 24.9. The molecule has 5 aromatic rings. The van der Waals surface area contributed by atoms with Gasteiger partial charge in [0.15, 0.2) is 11.9 Å². The minimum absolute atomic E-state index is 0.0980. The van der Waals surface area contributed by atoms with Gasteiger partial charge in [0.2, 0.25) is 5.91 Å². The van der Waals surface area contributed by atoms with E-state index in [0.29, 0.717) is 58.0 Å². The third-order valence-corrected chi connectivity index (χ3v) is 8.45.